The van der Waals surface area contributed by atoms with Gasteiger partial charge in [-0.3, -0.25) is 14.6 Å². The third-order valence-corrected chi connectivity index (χ3v) is 4.23. The molecule has 0 fully saturated rings. The van der Waals surface area contributed by atoms with Gasteiger partial charge in [-0.2, -0.15) is 0 Å². The minimum Gasteiger partial charge on any atom is -0.494 e. The van der Waals surface area contributed by atoms with Crippen LogP contribution in [0.4, 0.5) is 10.1 Å². The van der Waals surface area contributed by atoms with E-state index in [1.165, 1.54) is 18.3 Å². The number of carbonyl (C=O) groups excluding carboxylic acids is 2. The quantitative estimate of drug-likeness (QED) is 0.527. The van der Waals surface area contributed by atoms with Crippen molar-refractivity contribution in [1.82, 2.24) is 10.3 Å². The van der Waals surface area contributed by atoms with Gasteiger partial charge in [0, 0.05) is 31.0 Å². The predicted molar refractivity (Wildman–Crippen MR) is 112 cm³/mol. The van der Waals surface area contributed by atoms with Gasteiger partial charge >= 0.3 is 0 Å². The third kappa shape index (κ3) is 6.70. The van der Waals surface area contributed by atoms with Crippen molar-refractivity contribution in [3.8, 4) is 5.75 Å². The number of benzene rings is 2. The summed E-state index contributed by atoms with van der Waals surface area (Å²) in [5.74, 6) is -0.0858. The van der Waals surface area contributed by atoms with Crippen LogP contribution in [-0.2, 0) is 11.3 Å². The molecule has 2 aromatic carbocycles. The Morgan fingerprint density at radius 1 is 1.03 bits per heavy atom. The number of hydrogen-bond donors (Lipinski definition) is 2. The lowest BCUT2D eigenvalue weighted by Crippen LogP contribution is -2.23. The number of ether oxygens (including phenoxy) is 1. The van der Waals surface area contributed by atoms with E-state index in [0.29, 0.717) is 43.0 Å². The van der Waals surface area contributed by atoms with Gasteiger partial charge in [-0.25, -0.2) is 4.39 Å². The Morgan fingerprint density at radius 3 is 2.63 bits per heavy atom. The molecule has 30 heavy (non-hydrogen) atoms. The molecule has 2 amide bonds. The second-order valence-corrected chi connectivity index (χ2v) is 6.58. The van der Waals surface area contributed by atoms with Crippen LogP contribution in [-0.4, -0.2) is 23.4 Å². The fourth-order valence-corrected chi connectivity index (χ4v) is 2.70. The van der Waals surface area contributed by atoms with Crippen molar-refractivity contribution < 1.29 is 18.7 Å². The van der Waals surface area contributed by atoms with Gasteiger partial charge in [0.25, 0.3) is 5.91 Å². The minimum absolute atomic E-state index is 0.0949. The van der Waals surface area contributed by atoms with E-state index < -0.39 is 0 Å². The van der Waals surface area contributed by atoms with Gasteiger partial charge in [0.2, 0.25) is 5.91 Å². The van der Waals surface area contributed by atoms with Crippen molar-refractivity contribution >= 4 is 17.5 Å². The Kier molecular flexibility index (Phi) is 7.49. The van der Waals surface area contributed by atoms with E-state index in [4.69, 9.17) is 4.74 Å². The first-order valence-electron chi connectivity index (χ1n) is 9.55. The van der Waals surface area contributed by atoms with Crippen LogP contribution in [0.3, 0.4) is 0 Å². The normalized spacial score (nSPS) is 10.3. The zero-order chi connectivity index (χ0) is 21.2. The lowest BCUT2D eigenvalue weighted by molar-refractivity contribution is -0.121. The fourth-order valence-electron chi connectivity index (χ4n) is 2.70. The van der Waals surface area contributed by atoms with Crippen LogP contribution in [0, 0.1) is 5.82 Å². The summed E-state index contributed by atoms with van der Waals surface area (Å²) in [5.41, 5.74) is 1.98. The molecule has 0 unspecified atom stereocenters. The first kappa shape index (κ1) is 21.0. The van der Waals surface area contributed by atoms with E-state index in [1.807, 2.05) is 18.2 Å². The summed E-state index contributed by atoms with van der Waals surface area (Å²) in [6.07, 6.45) is 3.97. The molecule has 0 aliphatic carbocycles. The number of aromatic nitrogens is 1. The zero-order valence-electron chi connectivity index (χ0n) is 16.3. The Balaban J connectivity index is 1.39. The molecular weight excluding hydrogens is 385 g/mol. The molecular formula is C23H22FN3O3. The van der Waals surface area contributed by atoms with Crippen molar-refractivity contribution in [2.75, 3.05) is 11.9 Å². The molecule has 0 aliphatic heterocycles. The SMILES string of the molecule is O=C(CCCOc1ccc(F)cc1)NCc1cccc(NC(=O)c2cccnc2)c1. The third-order valence-electron chi connectivity index (χ3n) is 4.23. The minimum atomic E-state index is -0.317. The summed E-state index contributed by atoms with van der Waals surface area (Å²) in [7, 11) is 0. The Bertz CT molecular complexity index is 978. The van der Waals surface area contributed by atoms with Crippen molar-refractivity contribution in [1.29, 1.82) is 0 Å². The van der Waals surface area contributed by atoms with Crippen molar-refractivity contribution in [3.63, 3.8) is 0 Å². The van der Waals surface area contributed by atoms with Gasteiger partial charge in [0.1, 0.15) is 11.6 Å². The van der Waals surface area contributed by atoms with Crippen molar-refractivity contribution in [3.05, 3.63) is 90.0 Å². The number of nitrogens with one attached hydrogen (secondary N) is 2. The Labute approximate surface area is 174 Å². The van der Waals surface area contributed by atoms with E-state index in [0.717, 1.165) is 5.56 Å². The molecule has 0 radical (unpaired) electrons. The molecule has 154 valence electrons. The zero-order valence-corrected chi connectivity index (χ0v) is 16.3. The van der Waals surface area contributed by atoms with Crippen LogP contribution in [0.25, 0.3) is 0 Å². The molecule has 0 bridgehead atoms. The van der Waals surface area contributed by atoms with E-state index in [1.54, 1.807) is 36.5 Å². The molecule has 0 spiro atoms. The number of rotatable bonds is 9. The molecule has 7 heteroatoms. The second kappa shape index (κ2) is 10.7. The lowest BCUT2D eigenvalue weighted by Gasteiger charge is -2.09. The Hall–Kier alpha value is -3.74. The predicted octanol–water partition coefficient (Wildman–Crippen LogP) is 3.95. The summed E-state index contributed by atoms with van der Waals surface area (Å²) < 4.78 is 18.3. The van der Waals surface area contributed by atoms with E-state index >= 15 is 0 Å². The van der Waals surface area contributed by atoms with E-state index in [9.17, 15) is 14.0 Å². The van der Waals surface area contributed by atoms with Crippen LogP contribution in [0.2, 0.25) is 0 Å². The fraction of sp³-hybridized carbons (Fsp3) is 0.174. The summed E-state index contributed by atoms with van der Waals surface area (Å²) >= 11 is 0. The highest BCUT2D eigenvalue weighted by molar-refractivity contribution is 6.04. The molecule has 3 rings (SSSR count). The van der Waals surface area contributed by atoms with Gasteiger partial charge in [0.15, 0.2) is 0 Å². The summed E-state index contributed by atoms with van der Waals surface area (Å²) in [6.45, 7) is 0.725. The molecule has 2 N–H and O–H groups in total. The van der Waals surface area contributed by atoms with Gasteiger partial charge < -0.3 is 15.4 Å². The summed E-state index contributed by atoms with van der Waals surface area (Å²) in [4.78, 5) is 28.2. The number of carbonyl (C=O) groups is 2. The number of anilines is 1. The largest absolute Gasteiger partial charge is 0.494 e. The standard InChI is InChI=1S/C23H22FN3O3/c24-19-8-10-21(11-9-19)30-13-3-7-22(28)26-15-17-4-1-6-20(14-17)27-23(29)18-5-2-12-25-16-18/h1-2,4-6,8-12,14,16H,3,7,13,15H2,(H,26,28)(H,27,29). The maximum atomic E-state index is 12.8. The van der Waals surface area contributed by atoms with Gasteiger partial charge in [-0.05, 0) is 60.5 Å². The van der Waals surface area contributed by atoms with Gasteiger partial charge in [-0.15, -0.1) is 0 Å². The average molecular weight is 407 g/mol. The molecule has 1 aromatic heterocycles. The highest BCUT2D eigenvalue weighted by Crippen LogP contribution is 2.13. The van der Waals surface area contributed by atoms with Crippen LogP contribution in [0.15, 0.2) is 73.1 Å². The molecule has 0 aliphatic rings. The van der Waals surface area contributed by atoms with E-state index in [-0.39, 0.29) is 17.6 Å². The van der Waals surface area contributed by atoms with Crippen LogP contribution in [0.5, 0.6) is 5.75 Å². The molecule has 0 saturated heterocycles. The van der Waals surface area contributed by atoms with Gasteiger partial charge in [0.05, 0.1) is 12.2 Å². The molecule has 1 heterocycles. The molecule has 6 nitrogen and oxygen atoms in total. The number of halogens is 1. The van der Waals surface area contributed by atoms with E-state index in [2.05, 4.69) is 15.6 Å². The maximum Gasteiger partial charge on any atom is 0.257 e. The van der Waals surface area contributed by atoms with Crippen LogP contribution in [0.1, 0.15) is 28.8 Å². The second-order valence-electron chi connectivity index (χ2n) is 6.58. The topological polar surface area (TPSA) is 80.3 Å². The van der Waals surface area contributed by atoms with Crippen LogP contribution >= 0.6 is 0 Å². The van der Waals surface area contributed by atoms with Crippen molar-refractivity contribution in [2.24, 2.45) is 0 Å². The summed E-state index contributed by atoms with van der Waals surface area (Å²) in [6, 6.07) is 16.4. The van der Waals surface area contributed by atoms with Crippen molar-refractivity contribution in [2.45, 2.75) is 19.4 Å². The number of nitrogens with zero attached hydrogens (tertiary/aromatic N) is 1. The average Bonchev–Trinajstić information content (AvgIpc) is 2.77. The van der Waals surface area contributed by atoms with Crippen LogP contribution < -0.4 is 15.4 Å². The first-order valence-corrected chi connectivity index (χ1v) is 9.55. The first-order chi connectivity index (χ1) is 14.6. The number of pyridine rings is 1. The lowest BCUT2D eigenvalue weighted by atomic mass is 10.2. The smallest absolute Gasteiger partial charge is 0.257 e. The number of amides is 2. The highest BCUT2D eigenvalue weighted by atomic mass is 19.1. The molecule has 0 saturated carbocycles. The highest BCUT2D eigenvalue weighted by Gasteiger charge is 2.07. The Morgan fingerprint density at radius 2 is 1.87 bits per heavy atom. The summed E-state index contributed by atoms with van der Waals surface area (Å²) in [5, 5.41) is 5.67. The van der Waals surface area contributed by atoms with Gasteiger partial charge in [-0.1, -0.05) is 12.1 Å². The maximum absolute atomic E-state index is 12.8. The molecule has 0 atom stereocenters. The monoisotopic (exact) mass is 407 g/mol. The molecule has 3 aromatic rings. The number of hydrogen-bond acceptors (Lipinski definition) is 4.